The van der Waals surface area contributed by atoms with E-state index in [0.29, 0.717) is 13.0 Å². The van der Waals surface area contributed by atoms with Gasteiger partial charge in [0, 0.05) is 23.5 Å². The van der Waals surface area contributed by atoms with Crippen molar-refractivity contribution in [3.8, 4) is 0 Å². The molecule has 0 aliphatic carbocycles. The van der Waals surface area contributed by atoms with Crippen molar-refractivity contribution in [1.29, 1.82) is 0 Å². The lowest BCUT2D eigenvalue weighted by Gasteiger charge is -2.33. The van der Waals surface area contributed by atoms with Gasteiger partial charge in [-0.3, -0.25) is 9.69 Å². The van der Waals surface area contributed by atoms with Crippen LogP contribution in [0.25, 0.3) is 0 Å². The van der Waals surface area contributed by atoms with Crippen LogP contribution in [-0.4, -0.2) is 29.9 Å². The lowest BCUT2D eigenvalue weighted by Crippen LogP contribution is -2.38. The number of hydrogen-bond donors (Lipinski definition) is 0. The van der Waals surface area contributed by atoms with E-state index in [4.69, 9.17) is 4.74 Å². The Hall–Kier alpha value is -0.710. The first-order valence-corrected chi connectivity index (χ1v) is 7.09. The summed E-state index contributed by atoms with van der Waals surface area (Å²) in [6, 6.07) is 6.64. The molecule has 3 nitrogen and oxygen atoms in total. The maximum atomic E-state index is 11.3. The molecule has 0 spiro atoms. The van der Waals surface area contributed by atoms with E-state index in [-0.39, 0.29) is 18.1 Å². The molecule has 3 rings (SSSR count). The molecule has 1 fully saturated rings. The van der Waals surface area contributed by atoms with Gasteiger partial charge in [-0.05, 0) is 36.6 Å². The summed E-state index contributed by atoms with van der Waals surface area (Å²) in [4.78, 5) is 13.6. The van der Waals surface area contributed by atoms with Crippen LogP contribution in [0.15, 0.2) is 22.7 Å². The Kier molecular flexibility index (Phi) is 3.26. The average Bonchev–Trinajstić information content (AvgIpc) is 2.72. The lowest BCUT2D eigenvalue weighted by molar-refractivity contribution is -0.118. The van der Waals surface area contributed by atoms with Gasteiger partial charge in [-0.25, -0.2) is 0 Å². The maximum Gasteiger partial charge on any atom is 0.137 e. The van der Waals surface area contributed by atoms with Crippen LogP contribution >= 0.6 is 15.9 Å². The standard InChI is InChI=1S/C14H16BrNO2/c1-9(17)6-12-8-18-14-13-7-11(15)3-2-10(13)4-5-16(12)14/h2-3,7,12,14H,4-6,8H2,1H3/t12-,14+/m1/s1. The van der Waals surface area contributed by atoms with E-state index in [1.165, 1.54) is 11.1 Å². The molecule has 0 aromatic heterocycles. The number of ether oxygens (including phenoxy) is 1. The summed E-state index contributed by atoms with van der Waals surface area (Å²) in [6.07, 6.45) is 1.67. The predicted molar refractivity (Wildman–Crippen MR) is 72.3 cm³/mol. The zero-order chi connectivity index (χ0) is 12.7. The van der Waals surface area contributed by atoms with Crippen molar-refractivity contribution < 1.29 is 9.53 Å². The van der Waals surface area contributed by atoms with E-state index in [9.17, 15) is 4.79 Å². The van der Waals surface area contributed by atoms with Crippen LogP contribution in [0, 0.1) is 0 Å². The summed E-state index contributed by atoms with van der Waals surface area (Å²) in [5, 5.41) is 0. The van der Waals surface area contributed by atoms with E-state index in [1.807, 2.05) is 0 Å². The van der Waals surface area contributed by atoms with Crippen LogP contribution in [0.3, 0.4) is 0 Å². The summed E-state index contributed by atoms with van der Waals surface area (Å²) in [7, 11) is 0. The molecule has 0 bridgehead atoms. The molecule has 2 atom stereocenters. The van der Waals surface area contributed by atoms with Gasteiger partial charge < -0.3 is 4.74 Å². The first kappa shape index (κ1) is 12.3. The Morgan fingerprint density at radius 3 is 3.17 bits per heavy atom. The highest BCUT2D eigenvalue weighted by Gasteiger charge is 2.39. The van der Waals surface area contributed by atoms with Crippen LogP contribution in [0.2, 0.25) is 0 Å². The Bertz CT molecular complexity index is 489. The largest absolute Gasteiger partial charge is 0.357 e. The molecule has 18 heavy (non-hydrogen) atoms. The molecule has 1 aromatic carbocycles. The summed E-state index contributed by atoms with van der Waals surface area (Å²) in [5.41, 5.74) is 2.62. The highest BCUT2D eigenvalue weighted by Crippen LogP contribution is 2.38. The second-order valence-electron chi connectivity index (χ2n) is 5.08. The smallest absolute Gasteiger partial charge is 0.137 e. The van der Waals surface area contributed by atoms with E-state index in [0.717, 1.165) is 17.4 Å². The number of carbonyl (C=O) groups is 1. The molecule has 4 heteroatoms. The van der Waals surface area contributed by atoms with E-state index in [2.05, 4.69) is 39.0 Å². The van der Waals surface area contributed by atoms with Crippen molar-refractivity contribution in [3.63, 3.8) is 0 Å². The Balaban J connectivity index is 1.88. The zero-order valence-electron chi connectivity index (χ0n) is 10.4. The molecule has 96 valence electrons. The van der Waals surface area contributed by atoms with Crippen molar-refractivity contribution in [2.75, 3.05) is 13.2 Å². The molecule has 2 heterocycles. The quantitative estimate of drug-likeness (QED) is 0.841. The van der Waals surface area contributed by atoms with Gasteiger partial charge in [0.1, 0.15) is 12.0 Å². The number of ketones is 1. The molecule has 1 aromatic rings. The molecule has 0 N–H and O–H groups in total. The normalized spacial score (nSPS) is 26.8. The van der Waals surface area contributed by atoms with Gasteiger partial charge in [0.2, 0.25) is 0 Å². The minimum absolute atomic E-state index is 0.0376. The highest BCUT2D eigenvalue weighted by atomic mass is 79.9. The van der Waals surface area contributed by atoms with Crippen LogP contribution in [0.1, 0.15) is 30.7 Å². The first-order valence-electron chi connectivity index (χ1n) is 6.30. The molecule has 1 saturated heterocycles. The monoisotopic (exact) mass is 309 g/mol. The van der Waals surface area contributed by atoms with Crippen molar-refractivity contribution in [2.45, 2.75) is 32.0 Å². The third-order valence-electron chi connectivity index (χ3n) is 3.75. The molecule has 0 amide bonds. The number of halogens is 1. The summed E-state index contributed by atoms with van der Waals surface area (Å²) >= 11 is 3.51. The van der Waals surface area contributed by atoms with Gasteiger partial charge in [-0.2, -0.15) is 0 Å². The van der Waals surface area contributed by atoms with E-state index >= 15 is 0 Å². The van der Waals surface area contributed by atoms with Crippen molar-refractivity contribution in [2.24, 2.45) is 0 Å². The van der Waals surface area contributed by atoms with Crippen LogP contribution < -0.4 is 0 Å². The van der Waals surface area contributed by atoms with Crippen molar-refractivity contribution >= 4 is 21.7 Å². The summed E-state index contributed by atoms with van der Waals surface area (Å²) < 4.78 is 6.99. The Morgan fingerprint density at radius 1 is 1.56 bits per heavy atom. The topological polar surface area (TPSA) is 29.5 Å². The number of Topliss-reactive ketones (excluding diaryl/α,β-unsaturated/α-hetero) is 1. The SMILES string of the molecule is CC(=O)C[C@@H]1CO[C@H]2c3cc(Br)ccc3CCN12. The molecule has 0 saturated carbocycles. The fourth-order valence-corrected chi connectivity index (χ4v) is 3.31. The zero-order valence-corrected chi connectivity index (χ0v) is 11.9. The van der Waals surface area contributed by atoms with Crippen molar-refractivity contribution in [3.05, 3.63) is 33.8 Å². The first-order chi connectivity index (χ1) is 8.65. The molecule has 2 aliphatic heterocycles. The molecule has 2 aliphatic rings. The van der Waals surface area contributed by atoms with Crippen molar-refractivity contribution in [1.82, 2.24) is 4.90 Å². The van der Waals surface area contributed by atoms with E-state index < -0.39 is 0 Å². The van der Waals surface area contributed by atoms with E-state index in [1.54, 1.807) is 6.92 Å². The number of fused-ring (bicyclic) bond motifs is 3. The molecular formula is C14H16BrNO2. The van der Waals surface area contributed by atoms with Gasteiger partial charge in [0.15, 0.2) is 0 Å². The number of hydrogen-bond acceptors (Lipinski definition) is 3. The minimum Gasteiger partial charge on any atom is -0.357 e. The number of rotatable bonds is 2. The number of carbonyl (C=O) groups excluding carboxylic acids is 1. The van der Waals surface area contributed by atoms with Gasteiger partial charge >= 0.3 is 0 Å². The van der Waals surface area contributed by atoms with Gasteiger partial charge in [-0.15, -0.1) is 0 Å². The molecule has 0 radical (unpaired) electrons. The summed E-state index contributed by atoms with van der Waals surface area (Å²) in [6.45, 7) is 3.30. The summed E-state index contributed by atoms with van der Waals surface area (Å²) in [5.74, 6) is 0.240. The maximum absolute atomic E-state index is 11.3. The Morgan fingerprint density at radius 2 is 2.39 bits per heavy atom. The van der Waals surface area contributed by atoms with Crippen LogP contribution in [0.4, 0.5) is 0 Å². The fourth-order valence-electron chi connectivity index (χ4n) is 2.93. The fraction of sp³-hybridized carbons (Fsp3) is 0.500. The molecular weight excluding hydrogens is 294 g/mol. The highest BCUT2D eigenvalue weighted by molar-refractivity contribution is 9.10. The minimum atomic E-state index is 0.0376. The number of nitrogens with zero attached hydrogens (tertiary/aromatic N) is 1. The van der Waals surface area contributed by atoms with Gasteiger partial charge in [0.05, 0.1) is 6.61 Å². The number of benzene rings is 1. The second kappa shape index (κ2) is 4.76. The van der Waals surface area contributed by atoms with Gasteiger partial charge in [0.25, 0.3) is 0 Å². The van der Waals surface area contributed by atoms with Crippen LogP contribution in [-0.2, 0) is 16.0 Å². The third kappa shape index (κ3) is 2.13. The third-order valence-corrected chi connectivity index (χ3v) is 4.25. The average molecular weight is 310 g/mol. The van der Waals surface area contributed by atoms with Gasteiger partial charge in [-0.1, -0.05) is 22.0 Å². The predicted octanol–water partition coefficient (Wildman–Crippen LogP) is 2.68. The lowest BCUT2D eigenvalue weighted by atomic mass is 9.97. The molecule has 0 unspecified atom stereocenters. The Labute approximate surface area is 115 Å². The van der Waals surface area contributed by atoms with Crippen LogP contribution in [0.5, 0.6) is 0 Å². The second-order valence-corrected chi connectivity index (χ2v) is 5.99.